The predicted molar refractivity (Wildman–Crippen MR) is 36.9 cm³/mol. The molecule has 0 amide bonds. The summed E-state index contributed by atoms with van der Waals surface area (Å²) in [5.41, 5.74) is 5.74. The minimum absolute atomic E-state index is 0.443. The van der Waals surface area contributed by atoms with E-state index in [-0.39, 0.29) is 0 Å². The molecule has 0 aromatic carbocycles. The minimum Gasteiger partial charge on any atom is -0.495 e. The van der Waals surface area contributed by atoms with Crippen LogP contribution in [0.25, 0.3) is 0 Å². The second-order valence-corrected chi connectivity index (χ2v) is 2.10. The van der Waals surface area contributed by atoms with Gasteiger partial charge in [-0.15, -0.1) is 0 Å². The summed E-state index contributed by atoms with van der Waals surface area (Å²) < 4.78 is 17.4. The summed E-state index contributed by atoms with van der Waals surface area (Å²) in [6.45, 7) is 0. The number of alkyl halides is 1. The van der Waals surface area contributed by atoms with Gasteiger partial charge in [0.15, 0.2) is 0 Å². The molecule has 0 aliphatic heterocycles. The van der Waals surface area contributed by atoms with Gasteiger partial charge in [-0.1, -0.05) is 6.08 Å². The first kappa shape index (κ1) is 7.12. The maximum Gasteiger partial charge on any atom is 0.140 e. The van der Waals surface area contributed by atoms with Crippen LogP contribution in [-0.2, 0) is 4.74 Å². The van der Waals surface area contributed by atoms with Crippen molar-refractivity contribution >= 4 is 0 Å². The lowest BCUT2D eigenvalue weighted by atomic mass is 9.95. The van der Waals surface area contributed by atoms with Crippen LogP contribution in [-0.4, -0.2) is 13.3 Å². The average Bonchev–Trinajstić information content (AvgIpc) is 1.96. The molecule has 1 atom stereocenters. The molecule has 0 saturated heterocycles. The summed E-state index contributed by atoms with van der Waals surface area (Å²) in [5, 5.41) is 0. The topological polar surface area (TPSA) is 35.2 Å². The highest BCUT2D eigenvalue weighted by Crippen LogP contribution is 2.28. The van der Waals surface area contributed by atoms with E-state index in [1.807, 2.05) is 0 Å². The predicted octanol–water partition coefficient (Wildman–Crippen LogP) is 1.10. The molecule has 2 N–H and O–H groups in total. The van der Waals surface area contributed by atoms with E-state index >= 15 is 0 Å². The Kier molecular flexibility index (Phi) is 1.94. The van der Waals surface area contributed by atoms with Crippen LogP contribution >= 0.6 is 0 Å². The lowest BCUT2D eigenvalue weighted by Gasteiger charge is -2.20. The van der Waals surface area contributed by atoms with Crippen molar-refractivity contribution in [3.8, 4) is 0 Å². The molecule has 1 aliphatic rings. The van der Waals surface area contributed by atoms with E-state index in [4.69, 9.17) is 10.5 Å². The third kappa shape index (κ3) is 0.988. The van der Waals surface area contributed by atoms with Gasteiger partial charge in [0.2, 0.25) is 0 Å². The number of ether oxygens (including phenoxy) is 1. The number of hydrogen-bond acceptors (Lipinski definition) is 2. The first-order chi connectivity index (χ1) is 4.79. The fourth-order valence-corrected chi connectivity index (χ4v) is 0.862. The molecule has 0 aromatic heterocycles. The van der Waals surface area contributed by atoms with Crippen LogP contribution in [0.5, 0.6) is 0 Å². The van der Waals surface area contributed by atoms with Crippen molar-refractivity contribution in [1.29, 1.82) is 0 Å². The first-order valence-electron chi connectivity index (χ1n) is 3.10. The third-order valence-corrected chi connectivity index (χ3v) is 1.54. The molecular formula is C7H10FNO. The molecular weight excluding hydrogens is 133 g/mol. The molecule has 0 saturated carbocycles. The van der Waals surface area contributed by atoms with Crippen molar-refractivity contribution in [1.82, 2.24) is 0 Å². The van der Waals surface area contributed by atoms with Gasteiger partial charge in [-0.2, -0.15) is 0 Å². The van der Waals surface area contributed by atoms with Gasteiger partial charge in [-0.25, -0.2) is 4.39 Å². The molecule has 1 rings (SSSR count). The van der Waals surface area contributed by atoms with Gasteiger partial charge in [0.1, 0.15) is 11.9 Å². The highest BCUT2D eigenvalue weighted by atomic mass is 19.1. The molecule has 1 aliphatic carbocycles. The van der Waals surface area contributed by atoms with Crippen LogP contribution in [0.1, 0.15) is 6.42 Å². The zero-order valence-corrected chi connectivity index (χ0v) is 5.80. The van der Waals surface area contributed by atoms with E-state index < -0.39 is 6.17 Å². The van der Waals surface area contributed by atoms with Crippen LogP contribution < -0.4 is 5.73 Å². The van der Waals surface area contributed by atoms with Crippen molar-refractivity contribution in [2.24, 2.45) is 5.73 Å². The Morgan fingerprint density at radius 1 is 2.00 bits per heavy atom. The second kappa shape index (κ2) is 2.73. The van der Waals surface area contributed by atoms with E-state index in [1.54, 1.807) is 6.08 Å². The molecule has 0 heterocycles. The second-order valence-electron chi connectivity index (χ2n) is 2.10. The van der Waals surface area contributed by atoms with Gasteiger partial charge >= 0.3 is 0 Å². The van der Waals surface area contributed by atoms with Crippen LogP contribution in [0.3, 0.4) is 0 Å². The van der Waals surface area contributed by atoms with E-state index in [0.29, 0.717) is 17.8 Å². The fraction of sp³-hybridized carbons (Fsp3) is 0.429. The summed E-state index contributed by atoms with van der Waals surface area (Å²) in [6.07, 6.45) is 2.65. The summed E-state index contributed by atoms with van der Waals surface area (Å²) in [6, 6.07) is 0. The first-order valence-corrected chi connectivity index (χ1v) is 3.10. The number of hydrogen-bond donors (Lipinski definition) is 1. The largest absolute Gasteiger partial charge is 0.495 e. The Morgan fingerprint density at radius 3 is 2.80 bits per heavy atom. The zero-order valence-electron chi connectivity index (χ0n) is 5.80. The Bertz CT molecular complexity index is 180. The van der Waals surface area contributed by atoms with Crippen LogP contribution in [0, 0.1) is 0 Å². The number of nitrogens with two attached hydrogens (primary N) is 1. The number of rotatable bonds is 2. The molecule has 56 valence electrons. The van der Waals surface area contributed by atoms with Crippen LogP contribution in [0.4, 0.5) is 4.39 Å². The maximum atomic E-state index is 12.6. The standard InChI is InChI=1S/C7H10FNO/c1-10-7(4-9)5-2-3-6(5)8/h2,4,6H,3,9H2,1H3/b7-4-/t6-/m1/s1. The van der Waals surface area contributed by atoms with Gasteiger partial charge in [0.25, 0.3) is 0 Å². The van der Waals surface area contributed by atoms with E-state index in [1.165, 1.54) is 13.3 Å². The number of allylic oxidation sites excluding steroid dienone is 2. The Hall–Kier alpha value is -0.990. The lowest BCUT2D eigenvalue weighted by molar-refractivity contribution is 0.264. The molecule has 0 radical (unpaired) electrons. The van der Waals surface area contributed by atoms with Crippen LogP contribution in [0.2, 0.25) is 0 Å². The molecule has 2 nitrogen and oxygen atoms in total. The summed E-state index contributed by atoms with van der Waals surface area (Å²) >= 11 is 0. The van der Waals surface area contributed by atoms with E-state index in [0.717, 1.165) is 0 Å². The van der Waals surface area contributed by atoms with Crippen molar-refractivity contribution in [2.75, 3.05) is 7.11 Å². The van der Waals surface area contributed by atoms with Crippen molar-refractivity contribution in [2.45, 2.75) is 12.6 Å². The van der Waals surface area contributed by atoms with E-state index in [2.05, 4.69) is 0 Å². The Morgan fingerprint density at radius 2 is 2.70 bits per heavy atom. The maximum absolute atomic E-state index is 12.6. The monoisotopic (exact) mass is 143 g/mol. The van der Waals surface area contributed by atoms with Gasteiger partial charge < -0.3 is 10.5 Å². The average molecular weight is 143 g/mol. The van der Waals surface area contributed by atoms with Gasteiger partial charge in [-0.05, 0) is 0 Å². The molecule has 0 unspecified atom stereocenters. The molecule has 10 heavy (non-hydrogen) atoms. The van der Waals surface area contributed by atoms with Crippen molar-refractivity contribution < 1.29 is 9.13 Å². The summed E-state index contributed by atoms with van der Waals surface area (Å²) in [5.74, 6) is 0.443. The summed E-state index contributed by atoms with van der Waals surface area (Å²) in [7, 11) is 1.48. The smallest absolute Gasteiger partial charge is 0.140 e. The van der Waals surface area contributed by atoms with Crippen LogP contribution in [0.15, 0.2) is 23.6 Å². The van der Waals surface area contributed by atoms with Gasteiger partial charge in [-0.3, -0.25) is 0 Å². The zero-order chi connectivity index (χ0) is 7.56. The molecule has 0 fully saturated rings. The molecule has 0 bridgehead atoms. The Labute approximate surface area is 59.2 Å². The van der Waals surface area contributed by atoms with Crippen molar-refractivity contribution in [3.63, 3.8) is 0 Å². The highest BCUT2D eigenvalue weighted by Gasteiger charge is 2.23. The van der Waals surface area contributed by atoms with Crippen molar-refractivity contribution in [3.05, 3.63) is 23.6 Å². The number of methoxy groups -OCH3 is 1. The SMILES string of the molecule is CO/C(=C\N)C1=CC[C@H]1F. The van der Waals surface area contributed by atoms with Gasteiger partial charge in [0, 0.05) is 18.2 Å². The molecule has 3 heteroatoms. The lowest BCUT2D eigenvalue weighted by Crippen LogP contribution is -2.16. The van der Waals surface area contributed by atoms with E-state index in [9.17, 15) is 4.39 Å². The normalized spacial score (nSPS) is 25.2. The number of halogens is 1. The third-order valence-electron chi connectivity index (χ3n) is 1.54. The highest BCUT2D eigenvalue weighted by molar-refractivity contribution is 5.35. The molecule has 0 spiro atoms. The van der Waals surface area contributed by atoms with Gasteiger partial charge in [0.05, 0.1) is 7.11 Å². The minimum atomic E-state index is -0.880. The Balaban J connectivity index is 2.65. The quantitative estimate of drug-likeness (QED) is 0.587. The molecule has 0 aromatic rings. The summed E-state index contributed by atoms with van der Waals surface area (Å²) in [4.78, 5) is 0. The fourth-order valence-electron chi connectivity index (χ4n) is 0.862.